The molecule has 2 heteroatoms. The highest BCUT2D eigenvalue weighted by Gasteiger charge is 2.34. The standard InChI is InChI=1S/C9H16O2/c1-3-9(7-10-5-1)4-2-6-11-8-9/h1-8H2. The van der Waals surface area contributed by atoms with E-state index in [1.807, 2.05) is 0 Å². The molecule has 64 valence electrons. The second kappa shape index (κ2) is 3.11. The van der Waals surface area contributed by atoms with Gasteiger partial charge >= 0.3 is 0 Å². The van der Waals surface area contributed by atoms with E-state index < -0.39 is 0 Å². The van der Waals surface area contributed by atoms with E-state index in [0.29, 0.717) is 5.41 Å². The van der Waals surface area contributed by atoms with Crippen LogP contribution in [0.2, 0.25) is 0 Å². The molecule has 0 saturated carbocycles. The van der Waals surface area contributed by atoms with E-state index in [-0.39, 0.29) is 0 Å². The highest BCUT2D eigenvalue weighted by Crippen LogP contribution is 2.36. The Bertz CT molecular complexity index is 102. The van der Waals surface area contributed by atoms with Gasteiger partial charge in [-0.3, -0.25) is 0 Å². The molecular formula is C9H16O2. The SMILES string of the molecule is C1COCC2(C1)CCCOC2. The quantitative estimate of drug-likeness (QED) is 0.530. The second-order valence-electron chi connectivity index (χ2n) is 3.81. The van der Waals surface area contributed by atoms with Crippen molar-refractivity contribution in [2.75, 3.05) is 26.4 Å². The molecule has 2 saturated heterocycles. The Hall–Kier alpha value is -0.0800. The van der Waals surface area contributed by atoms with Gasteiger partial charge in [-0.25, -0.2) is 0 Å². The van der Waals surface area contributed by atoms with Gasteiger partial charge in [-0.15, -0.1) is 0 Å². The summed E-state index contributed by atoms with van der Waals surface area (Å²) in [7, 11) is 0. The number of ether oxygens (including phenoxy) is 2. The normalized spacial score (nSPS) is 30.5. The van der Waals surface area contributed by atoms with Gasteiger partial charge in [0.15, 0.2) is 0 Å². The maximum atomic E-state index is 5.48. The summed E-state index contributed by atoms with van der Waals surface area (Å²) in [6, 6.07) is 0. The molecule has 11 heavy (non-hydrogen) atoms. The lowest BCUT2D eigenvalue weighted by molar-refractivity contribution is -0.0895. The first-order chi connectivity index (χ1) is 5.41. The molecule has 2 nitrogen and oxygen atoms in total. The molecule has 0 aliphatic carbocycles. The fourth-order valence-electron chi connectivity index (χ4n) is 2.13. The van der Waals surface area contributed by atoms with Crippen molar-refractivity contribution in [3.8, 4) is 0 Å². The fourth-order valence-corrected chi connectivity index (χ4v) is 2.13. The molecule has 0 N–H and O–H groups in total. The van der Waals surface area contributed by atoms with Crippen LogP contribution in [0.15, 0.2) is 0 Å². The zero-order chi connectivity index (χ0) is 7.57. The summed E-state index contributed by atoms with van der Waals surface area (Å²) in [5, 5.41) is 0. The molecular weight excluding hydrogens is 140 g/mol. The summed E-state index contributed by atoms with van der Waals surface area (Å²) in [5.41, 5.74) is 0.413. The van der Waals surface area contributed by atoms with Gasteiger partial charge < -0.3 is 9.47 Å². The van der Waals surface area contributed by atoms with Gasteiger partial charge in [0.1, 0.15) is 0 Å². The van der Waals surface area contributed by atoms with Gasteiger partial charge in [-0.1, -0.05) is 0 Å². The number of rotatable bonds is 0. The summed E-state index contributed by atoms with van der Waals surface area (Å²) in [4.78, 5) is 0. The molecule has 2 heterocycles. The molecule has 2 aliphatic heterocycles. The van der Waals surface area contributed by atoms with Crippen molar-refractivity contribution >= 4 is 0 Å². The molecule has 0 aromatic carbocycles. The smallest absolute Gasteiger partial charge is 0.0544 e. The van der Waals surface area contributed by atoms with Crippen molar-refractivity contribution in [3.05, 3.63) is 0 Å². The lowest BCUT2D eigenvalue weighted by Crippen LogP contribution is -2.39. The maximum absolute atomic E-state index is 5.48. The largest absolute Gasteiger partial charge is 0.381 e. The highest BCUT2D eigenvalue weighted by molar-refractivity contribution is 4.83. The summed E-state index contributed by atoms with van der Waals surface area (Å²) >= 11 is 0. The predicted octanol–water partition coefficient (Wildman–Crippen LogP) is 1.59. The minimum atomic E-state index is 0.413. The average molecular weight is 156 g/mol. The van der Waals surface area contributed by atoms with E-state index in [9.17, 15) is 0 Å². The summed E-state index contributed by atoms with van der Waals surface area (Å²) in [6.45, 7) is 3.80. The molecule has 2 aliphatic rings. The summed E-state index contributed by atoms with van der Waals surface area (Å²) in [6.07, 6.45) is 5.08. The lowest BCUT2D eigenvalue weighted by Gasteiger charge is -2.39. The zero-order valence-corrected chi connectivity index (χ0v) is 6.97. The number of hydrogen-bond donors (Lipinski definition) is 0. The van der Waals surface area contributed by atoms with E-state index in [4.69, 9.17) is 9.47 Å². The predicted molar refractivity (Wildman–Crippen MR) is 42.5 cm³/mol. The van der Waals surface area contributed by atoms with Crippen LogP contribution in [-0.2, 0) is 9.47 Å². The van der Waals surface area contributed by atoms with Gasteiger partial charge in [0, 0.05) is 18.6 Å². The Kier molecular flexibility index (Phi) is 2.14. The van der Waals surface area contributed by atoms with Gasteiger partial charge in [0.25, 0.3) is 0 Å². The lowest BCUT2D eigenvalue weighted by atomic mass is 9.78. The van der Waals surface area contributed by atoms with Crippen LogP contribution in [0.1, 0.15) is 25.7 Å². The molecule has 0 bridgehead atoms. The van der Waals surface area contributed by atoms with Crippen LogP contribution in [0.5, 0.6) is 0 Å². The van der Waals surface area contributed by atoms with Crippen molar-refractivity contribution < 1.29 is 9.47 Å². The van der Waals surface area contributed by atoms with E-state index in [2.05, 4.69) is 0 Å². The van der Waals surface area contributed by atoms with Crippen LogP contribution in [0.25, 0.3) is 0 Å². The molecule has 0 amide bonds. The van der Waals surface area contributed by atoms with Gasteiger partial charge in [0.05, 0.1) is 13.2 Å². The summed E-state index contributed by atoms with van der Waals surface area (Å²) < 4.78 is 11.0. The van der Waals surface area contributed by atoms with Crippen molar-refractivity contribution in [3.63, 3.8) is 0 Å². The van der Waals surface area contributed by atoms with Crippen LogP contribution >= 0.6 is 0 Å². The Balaban J connectivity index is 1.94. The topological polar surface area (TPSA) is 18.5 Å². The van der Waals surface area contributed by atoms with Gasteiger partial charge in [0.2, 0.25) is 0 Å². The van der Waals surface area contributed by atoms with Crippen molar-refractivity contribution in [1.82, 2.24) is 0 Å². The zero-order valence-electron chi connectivity index (χ0n) is 6.97. The first-order valence-corrected chi connectivity index (χ1v) is 4.57. The first-order valence-electron chi connectivity index (χ1n) is 4.57. The van der Waals surface area contributed by atoms with Crippen LogP contribution < -0.4 is 0 Å². The molecule has 0 radical (unpaired) electrons. The molecule has 1 spiro atoms. The Labute approximate surface area is 67.9 Å². The minimum Gasteiger partial charge on any atom is -0.381 e. The van der Waals surface area contributed by atoms with Crippen LogP contribution in [0.3, 0.4) is 0 Å². The van der Waals surface area contributed by atoms with Gasteiger partial charge in [-0.2, -0.15) is 0 Å². The Morgan fingerprint density at radius 3 is 1.73 bits per heavy atom. The fraction of sp³-hybridized carbons (Fsp3) is 1.00. The maximum Gasteiger partial charge on any atom is 0.0544 e. The molecule has 0 unspecified atom stereocenters. The third-order valence-electron chi connectivity index (χ3n) is 2.81. The molecule has 0 aromatic rings. The van der Waals surface area contributed by atoms with Crippen LogP contribution in [-0.4, -0.2) is 26.4 Å². The van der Waals surface area contributed by atoms with Crippen molar-refractivity contribution in [2.45, 2.75) is 25.7 Å². The highest BCUT2D eigenvalue weighted by atomic mass is 16.5. The van der Waals surface area contributed by atoms with Crippen molar-refractivity contribution in [1.29, 1.82) is 0 Å². The third-order valence-corrected chi connectivity index (χ3v) is 2.81. The van der Waals surface area contributed by atoms with Gasteiger partial charge in [-0.05, 0) is 25.7 Å². The Morgan fingerprint density at radius 1 is 0.818 bits per heavy atom. The van der Waals surface area contributed by atoms with E-state index in [1.165, 1.54) is 25.7 Å². The second-order valence-corrected chi connectivity index (χ2v) is 3.81. The first kappa shape index (κ1) is 7.56. The molecule has 2 fully saturated rings. The van der Waals surface area contributed by atoms with Crippen LogP contribution in [0.4, 0.5) is 0 Å². The molecule has 0 atom stereocenters. The third kappa shape index (κ3) is 1.57. The minimum absolute atomic E-state index is 0.413. The average Bonchev–Trinajstić information content (AvgIpc) is 2.07. The molecule has 0 aromatic heterocycles. The van der Waals surface area contributed by atoms with E-state index in [1.54, 1.807) is 0 Å². The van der Waals surface area contributed by atoms with E-state index >= 15 is 0 Å². The van der Waals surface area contributed by atoms with E-state index in [0.717, 1.165) is 26.4 Å². The van der Waals surface area contributed by atoms with Crippen molar-refractivity contribution in [2.24, 2.45) is 5.41 Å². The molecule has 2 rings (SSSR count). The monoisotopic (exact) mass is 156 g/mol. The summed E-state index contributed by atoms with van der Waals surface area (Å²) in [5.74, 6) is 0. The number of hydrogen-bond acceptors (Lipinski definition) is 2. The van der Waals surface area contributed by atoms with Crippen LogP contribution in [0, 0.1) is 5.41 Å². The Morgan fingerprint density at radius 2 is 1.36 bits per heavy atom.